The zero-order valence-corrected chi connectivity index (χ0v) is 23.1. The van der Waals surface area contributed by atoms with E-state index in [1.807, 2.05) is 0 Å². The molecule has 0 aromatic carbocycles. The monoisotopic (exact) mass is 479 g/mol. The maximum Gasteiger partial charge on any atom is 0.469 e. The van der Waals surface area contributed by atoms with Gasteiger partial charge in [0.2, 0.25) is 0 Å². The molecule has 0 aromatic heterocycles. The summed E-state index contributed by atoms with van der Waals surface area (Å²) in [6, 6.07) is 0. The molecule has 0 saturated carbocycles. The van der Waals surface area contributed by atoms with Crippen LogP contribution in [0.5, 0.6) is 0 Å². The third-order valence-electron chi connectivity index (χ3n) is 6.55. The van der Waals surface area contributed by atoms with Gasteiger partial charge in [0.05, 0.1) is 6.61 Å². The fourth-order valence-corrected chi connectivity index (χ4v) is 4.11. The van der Waals surface area contributed by atoms with E-state index in [0.29, 0.717) is 0 Å². The summed E-state index contributed by atoms with van der Waals surface area (Å²) in [5, 5.41) is 0. The Hall–Kier alpha value is 0.0700. The molecule has 3 unspecified atom stereocenters. The van der Waals surface area contributed by atoms with Crippen LogP contribution in [0.25, 0.3) is 0 Å². The number of unbranched alkanes of at least 4 members (excludes halogenated alkanes) is 7. The molecule has 3 atom stereocenters. The highest BCUT2D eigenvalue weighted by Crippen LogP contribution is 2.37. The summed E-state index contributed by atoms with van der Waals surface area (Å²) in [4.78, 5) is 17.8. The minimum atomic E-state index is -4.34. The summed E-state index contributed by atoms with van der Waals surface area (Å²) in [7, 11) is -4.34. The van der Waals surface area contributed by atoms with E-state index in [0.717, 1.165) is 44.1 Å². The first-order valence-electron chi connectivity index (χ1n) is 13.6. The van der Waals surface area contributed by atoms with Gasteiger partial charge in [-0.2, -0.15) is 0 Å². The second-order valence-electron chi connectivity index (χ2n) is 9.80. The molecule has 0 heterocycles. The van der Waals surface area contributed by atoms with Crippen LogP contribution in [-0.2, 0) is 9.09 Å². The lowest BCUT2D eigenvalue weighted by Crippen LogP contribution is -2.10. The molecule has 0 aliphatic carbocycles. The number of rotatable bonds is 21. The van der Waals surface area contributed by atoms with Crippen LogP contribution in [0.4, 0.5) is 0 Å². The quantitative estimate of drug-likeness (QED) is 0.114. The zero-order valence-electron chi connectivity index (χ0n) is 22.2. The molecule has 0 spiro atoms. The summed E-state index contributed by atoms with van der Waals surface area (Å²) in [5.41, 5.74) is 5.34. The fourth-order valence-electron chi connectivity index (χ4n) is 3.70. The molecule has 0 amide bonds. The van der Waals surface area contributed by atoms with Crippen molar-refractivity contribution in [2.24, 2.45) is 23.5 Å². The van der Waals surface area contributed by atoms with E-state index in [4.69, 9.17) is 20.0 Å². The summed E-state index contributed by atoms with van der Waals surface area (Å²) >= 11 is 0. The van der Waals surface area contributed by atoms with Crippen LogP contribution in [0, 0.1) is 17.8 Å². The van der Waals surface area contributed by atoms with Crippen molar-refractivity contribution in [3.8, 4) is 0 Å². The lowest BCUT2D eigenvalue weighted by molar-refractivity contribution is 0.156. The SMILES string of the molecule is CCC(C)CCCCCC(CCCC(C)CC)COP(=O)(O)O.CCCCCCCCN. The van der Waals surface area contributed by atoms with Gasteiger partial charge >= 0.3 is 7.82 Å². The van der Waals surface area contributed by atoms with Crippen molar-refractivity contribution in [2.45, 2.75) is 137 Å². The van der Waals surface area contributed by atoms with Crippen molar-refractivity contribution < 1.29 is 18.9 Å². The second kappa shape index (κ2) is 24.2. The molecule has 4 N–H and O–H groups in total. The van der Waals surface area contributed by atoms with E-state index in [2.05, 4.69) is 34.6 Å². The molecule has 0 radical (unpaired) electrons. The highest BCUT2D eigenvalue weighted by Gasteiger charge is 2.18. The third kappa shape index (κ3) is 28.1. The van der Waals surface area contributed by atoms with E-state index in [-0.39, 0.29) is 12.5 Å². The van der Waals surface area contributed by atoms with Crippen LogP contribution >= 0.6 is 7.82 Å². The van der Waals surface area contributed by atoms with Crippen LogP contribution in [0.3, 0.4) is 0 Å². The third-order valence-corrected chi connectivity index (χ3v) is 7.03. The zero-order chi connectivity index (χ0) is 24.7. The molecule has 0 rings (SSSR count). The maximum atomic E-state index is 10.9. The van der Waals surface area contributed by atoms with Crippen molar-refractivity contribution in [3.05, 3.63) is 0 Å². The predicted molar refractivity (Wildman–Crippen MR) is 140 cm³/mol. The summed E-state index contributed by atoms with van der Waals surface area (Å²) in [6.45, 7) is 12.3. The Morgan fingerprint density at radius 1 is 0.719 bits per heavy atom. The lowest BCUT2D eigenvalue weighted by atomic mass is 9.92. The molecule has 196 valence electrons. The predicted octanol–water partition coefficient (Wildman–Crippen LogP) is 8.23. The van der Waals surface area contributed by atoms with Gasteiger partial charge in [-0.3, -0.25) is 4.52 Å². The second-order valence-corrected chi connectivity index (χ2v) is 11.0. The smallest absolute Gasteiger partial charge is 0.330 e. The summed E-state index contributed by atoms with van der Waals surface area (Å²) in [5.74, 6) is 1.81. The van der Waals surface area contributed by atoms with Crippen LogP contribution in [0.15, 0.2) is 0 Å². The van der Waals surface area contributed by atoms with E-state index in [1.165, 1.54) is 77.0 Å². The Bertz CT molecular complexity index is 411. The molecule has 0 aliphatic heterocycles. The average Bonchev–Trinajstić information content (AvgIpc) is 2.76. The highest BCUT2D eigenvalue weighted by molar-refractivity contribution is 7.46. The highest BCUT2D eigenvalue weighted by atomic mass is 31.2. The van der Waals surface area contributed by atoms with Gasteiger partial charge in [-0.05, 0) is 43.6 Å². The van der Waals surface area contributed by atoms with Crippen molar-refractivity contribution in [1.82, 2.24) is 0 Å². The Kier molecular flexibility index (Phi) is 25.9. The van der Waals surface area contributed by atoms with Crippen LogP contribution in [-0.4, -0.2) is 22.9 Å². The van der Waals surface area contributed by atoms with Crippen molar-refractivity contribution >= 4 is 7.82 Å². The van der Waals surface area contributed by atoms with Gasteiger partial charge in [-0.25, -0.2) is 4.57 Å². The van der Waals surface area contributed by atoms with Crippen molar-refractivity contribution in [3.63, 3.8) is 0 Å². The summed E-state index contributed by atoms with van der Waals surface area (Å²) in [6.07, 6.45) is 19.7. The molecule has 0 aromatic rings. The molecular formula is C26H58NO4P. The first-order chi connectivity index (χ1) is 15.2. The molecular weight excluding hydrogens is 421 g/mol. The molecule has 0 aliphatic rings. The van der Waals surface area contributed by atoms with Crippen molar-refractivity contribution in [2.75, 3.05) is 13.2 Å². The Morgan fingerprint density at radius 3 is 1.72 bits per heavy atom. The van der Waals surface area contributed by atoms with E-state index in [1.54, 1.807) is 0 Å². The minimum absolute atomic E-state index is 0.191. The fraction of sp³-hybridized carbons (Fsp3) is 1.00. The van der Waals surface area contributed by atoms with Crippen LogP contribution in [0.1, 0.15) is 137 Å². The standard InChI is InChI=1S/C18H39O4P.C8H19N/c1-5-16(3)11-8-7-9-13-18(15-22-23(19,20)21)14-10-12-17(4)6-2;1-2-3-4-5-6-7-8-9/h16-18H,5-15H2,1-4H3,(H2,19,20,21);2-9H2,1H3. The summed E-state index contributed by atoms with van der Waals surface area (Å²) < 4.78 is 15.7. The van der Waals surface area contributed by atoms with Gasteiger partial charge in [0.15, 0.2) is 0 Å². The molecule has 0 saturated heterocycles. The van der Waals surface area contributed by atoms with Gasteiger partial charge in [-0.15, -0.1) is 0 Å². The Morgan fingerprint density at radius 2 is 1.19 bits per heavy atom. The molecule has 6 heteroatoms. The average molecular weight is 480 g/mol. The first-order valence-corrected chi connectivity index (χ1v) is 15.1. The van der Waals surface area contributed by atoms with E-state index < -0.39 is 7.82 Å². The molecule has 32 heavy (non-hydrogen) atoms. The number of hydrogen-bond donors (Lipinski definition) is 3. The van der Waals surface area contributed by atoms with Gasteiger partial charge in [0, 0.05) is 0 Å². The molecule has 0 fully saturated rings. The van der Waals surface area contributed by atoms with Crippen molar-refractivity contribution in [1.29, 1.82) is 0 Å². The van der Waals surface area contributed by atoms with E-state index >= 15 is 0 Å². The number of phosphoric acid groups is 1. The first kappa shape index (κ1) is 34.2. The van der Waals surface area contributed by atoms with Crippen LogP contribution in [0.2, 0.25) is 0 Å². The largest absolute Gasteiger partial charge is 0.469 e. The number of nitrogens with two attached hydrogens (primary N) is 1. The lowest BCUT2D eigenvalue weighted by Gasteiger charge is -2.18. The van der Waals surface area contributed by atoms with Crippen LogP contribution < -0.4 is 5.73 Å². The van der Waals surface area contributed by atoms with Gasteiger partial charge in [0.1, 0.15) is 0 Å². The van der Waals surface area contributed by atoms with Gasteiger partial charge in [0.25, 0.3) is 0 Å². The van der Waals surface area contributed by atoms with Gasteiger partial charge < -0.3 is 15.5 Å². The maximum absolute atomic E-state index is 10.9. The Balaban J connectivity index is 0. The molecule has 0 bridgehead atoms. The molecule has 5 nitrogen and oxygen atoms in total. The minimum Gasteiger partial charge on any atom is -0.330 e. The number of hydrogen-bond acceptors (Lipinski definition) is 3. The topological polar surface area (TPSA) is 92.8 Å². The van der Waals surface area contributed by atoms with E-state index in [9.17, 15) is 4.57 Å². The Labute approximate surface area is 200 Å². The number of phosphoric ester groups is 1. The van der Waals surface area contributed by atoms with Gasteiger partial charge in [-0.1, -0.05) is 118 Å². The normalized spacial score (nSPS) is 14.5.